The van der Waals surface area contributed by atoms with E-state index in [2.05, 4.69) is 20.4 Å². The molecule has 0 spiro atoms. The van der Waals surface area contributed by atoms with Gasteiger partial charge in [-0.3, -0.25) is 0 Å². The highest BCUT2D eigenvalue weighted by molar-refractivity contribution is 5.90. The van der Waals surface area contributed by atoms with Gasteiger partial charge in [-0.1, -0.05) is 5.16 Å². The number of anilines is 2. The molecule has 2 heterocycles. The molecule has 114 valence electrons. The minimum atomic E-state index is 0.458. The molecule has 0 aliphatic heterocycles. The molecule has 0 saturated heterocycles. The Kier molecular flexibility index (Phi) is 3.54. The molecular formula is C15H16N4O3. The van der Waals surface area contributed by atoms with Crippen molar-refractivity contribution in [1.29, 1.82) is 0 Å². The normalized spacial score (nSPS) is 10.7. The van der Waals surface area contributed by atoms with Crippen LogP contribution in [-0.2, 0) is 0 Å². The summed E-state index contributed by atoms with van der Waals surface area (Å²) < 4.78 is 15.8. The number of hydrogen-bond donors (Lipinski definition) is 1. The second-order valence-electron chi connectivity index (χ2n) is 4.76. The van der Waals surface area contributed by atoms with E-state index in [1.54, 1.807) is 27.2 Å². The van der Waals surface area contributed by atoms with Crippen LogP contribution in [0.1, 0.15) is 11.5 Å². The van der Waals surface area contributed by atoms with E-state index in [1.165, 1.54) is 0 Å². The van der Waals surface area contributed by atoms with Crippen LogP contribution in [0.5, 0.6) is 11.5 Å². The summed E-state index contributed by atoms with van der Waals surface area (Å²) in [5.41, 5.74) is 1.95. The van der Waals surface area contributed by atoms with Crippen LogP contribution in [0, 0.1) is 13.8 Å². The van der Waals surface area contributed by atoms with Crippen molar-refractivity contribution in [2.24, 2.45) is 0 Å². The van der Waals surface area contributed by atoms with Crippen molar-refractivity contribution in [3.63, 3.8) is 0 Å². The van der Waals surface area contributed by atoms with Gasteiger partial charge in [-0.15, -0.1) is 0 Å². The number of methoxy groups -OCH3 is 2. The standard InChI is InChI=1S/C15H16N4O3/c1-8-13-14(16-9(2)17-15(13)22-19-8)18-11-6-5-10(20-3)7-12(11)21-4/h5-7H,1-4H3,(H,16,17,18). The fourth-order valence-electron chi connectivity index (χ4n) is 2.22. The zero-order valence-electron chi connectivity index (χ0n) is 12.8. The lowest BCUT2D eigenvalue weighted by molar-refractivity contribution is 0.395. The molecule has 2 aromatic heterocycles. The highest BCUT2D eigenvalue weighted by Gasteiger charge is 2.15. The Morgan fingerprint density at radius 1 is 1.09 bits per heavy atom. The molecule has 0 amide bonds. The molecule has 3 rings (SSSR count). The van der Waals surface area contributed by atoms with Crippen molar-refractivity contribution < 1.29 is 14.0 Å². The van der Waals surface area contributed by atoms with E-state index in [0.717, 1.165) is 16.8 Å². The summed E-state index contributed by atoms with van der Waals surface area (Å²) >= 11 is 0. The van der Waals surface area contributed by atoms with Gasteiger partial charge in [0.15, 0.2) is 0 Å². The van der Waals surface area contributed by atoms with Gasteiger partial charge in [0.2, 0.25) is 0 Å². The van der Waals surface area contributed by atoms with E-state index >= 15 is 0 Å². The molecule has 0 atom stereocenters. The van der Waals surface area contributed by atoms with Crippen molar-refractivity contribution in [2.45, 2.75) is 13.8 Å². The topological polar surface area (TPSA) is 82.3 Å². The first-order valence-corrected chi connectivity index (χ1v) is 6.72. The van der Waals surface area contributed by atoms with Crippen molar-refractivity contribution in [3.05, 3.63) is 29.7 Å². The lowest BCUT2D eigenvalue weighted by Crippen LogP contribution is -2.00. The Hall–Kier alpha value is -2.83. The number of rotatable bonds is 4. The number of hydrogen-bond acceptors (Lipinski definition) is 7. The van der Waals surface area contributed by atoms with Crippen LogP contribution < -0.4 is 14.8 Å². The summed E-state index contributed by atoms with van der Waals surface area (Å²) in [6.07, 6.45) is 0. The third kappa shape index (κ3) is 2.41. The minimum Gasteiger partial charge on any atom is -0.497 e. The van der Waals surface area contributed by atoms with Crippen LogP contribution in [0.4, 0.5) is 11.5 Å². The molecule has 0 aliphatic carbocycles. The van der Waals surface area contributed by atoms with Gasteiger partial charge in [-0.25, -0.2) is 4.98 Å². The molecule has 0 radical (unpaired) electrons. The number of ether oxygens (including phenoxy) is 2. The SMILES string of the molecule is COc1ccc(Nc2nc(C)nc3onc(C)c23)c(OC)c1. The summed E-state index contributed by atoms with van der Waals surface area (Å²) in [4.78, 5) is 8.68. The summed E-state index contributed by atoms with van der Waals surface area (Å²) in [5, 5.41) is 7.95. The highest BCUT2D eigenvalue weighted by Crippen LogP contribution is 2.33. The molecule has 1 aromatic carbocycles. The summed E-state index contributed by atoms with van der Waals surface area (Å²) in [6.45, 7) is 3.65. The van der Waals surface area contributed by atoms with Gasteiger partial charge < -0.3 is 19.3 Å². The van der Waals surface area contributed by atoms with Gasteiger partial charge >= 0.3 is 0 Å². The quantitative estimate of drug-likeness (QED) is 0.793. The molecule has 0 aliphatic rings. The molecule has 22 heavy (non-hydrogen) atoms. The van der Waals surface area contributed by atoms with Crippen molar-refractivity contribution in [3.8, 4) is 11.5 Å². The number of benzene rings is 1. The Balaban J connectivity index is 2.08. The molecule has 0 unspecified atom stereocenters. The Bertz CT molecular complexity index is 829. The number of aromatic nitrogens is 3. The molecule has 0 bridgehead atoms. The van der Waals surface area contributed by atoms with E-state index in [1.807, 2.05) is 19.1 Å². The second kappa shape index (κ2) is 5.51. The lowest BCUT2D eigenvalue weighted by atomic mass is 10.2. The van der Waals surface area contributed by atoms with Crippen LogP contribution >= 0.6 is 0 Å². The fourth-order valence-corrected chi connectivity index (χ4v) is 2.22. The van der Waals surface area contributed by atoms with E-state index in [-0.39, 0.29) is 0 Å². The predicted octanol–water partition coefficient (Wildman–Crippen LogP) is 3.00. The predicted molar refractivity (Wildman–Crippen MR) is 81.9 cm³/mol. The van der Waals surface area contributed by atoms with Gasteiger partial charge in [0.25, 0.3) is 5.71 Å². The number of fused-ring (bicyclic) bond motifs is 1. The van der Waals surface area contributed by atoms with E-state index in [0.29, 0.717) is 28.9 Å². The van der Waals surface area contributed by atoms with Crippen LogP contribution in [0.3, 0.4) is 0 Å². The average molecular weight is 300 g/mol. The first-order valence-electron chi connectivity index (χ1n) is 6.72. The maximum absolute atomic E-state index is 5.39. The van der Waals surface area contributed by atoms with E-state index < -0.39 is 0 Å². The summed E-state index contributed by atoms with van der Waals surface area (Å²) in [5.74, 6) is 2.59. The van der Waals surface area contributed by atoms with Crippen LogP contribution in [-0.4, -0.2) is 29.3 Å². The van der Waals surface area contributed by atoms with Gasteiger partial charge in [0.1, 0.15) is 28.5 Å². The molecule has 7 nitrogen and oxygen atoms in total. The molecule has 0 saturated carbocycles. The summed E-state index contributed by atoms with van der Waals surface area (Å²) in [6, 6.07) is 5.51. The van der Waals surface area contributed by atoms with Gasteiger partial charge in [-0.05, 0) is 26.0 Å². The van der Waals surface area contributed by atoms with Crippen molar-refractivity contribution in [1.82, 2.24) is 15.1 Å². The molecular weight excluding hydrogens is 284 g/mol. The van der Waals surface area contributed by atoms with Crippen molar-refractivity contribution >= 4 is 22.6 Å². The first-order chi connectivity index (χ1) is 10.6. The maximum Gasteiger partial charge on any atom is 0.263 e. The molecule has 7 heteroatoms. The maximum atomic E-state index is 5.39. The zero-order valence-corrected chi connectivity index (χ0v) is 12.8. The Labute approximate surface area is 127 Å². The van der Waals surface area contributed by atoms with Gasteiger partial charge in [0.05, 0.1) is 25.6 Å². The smallest absolute Gasteiger partial charge is 0.263 e. The van der Waals surface area contributed by atoms with E-state index in [9.17, 15) is 0 Å². The number of nitrogens with one attached hydrogen (secondary N) is 1. The van der Waals surface area contributed by atoms with Crippen LogP contribution in [0.2, 0.25) is 0 Å². The minimum absolute atomic E-state index is 0.458. The average Bonchev–Trinajstić information content (AvgIpc) is 2.88. The first kappa shape index (κ1) is 14.1. The van der Waals surface area contributed by atoms with Crippen LogP contribution in [0.25, 0.3) is 11.1 Å². The van der Waals surface area contributed by atoms with Gasteiger partial charge in [-0.2, -0.15) is 4.98 Å². The monoisotopic (exact) mass is 300 g/mol. The summed E-state index contributed by atoms with van der Waals surface area (Å²) in [7, 11) is 3.21. The zero-order chi connectivity index (χ0) is 15.7. The lowest BCUT2D eigenvalue weighted by Gasteiger charge is -2.12. The number of aryl methyl sites for hydroxylation is 2. The molecule has 1 N–H and O–H groups in total. The van der Waals surface area contributed by atoms with Crippen LogP contribution in [0.15, 0.2) is 22.7 Å². The van der Waals surface area contributed by atoms with E-state index in [4.69, 9.17) is 14.0 Å². The Morgan fingerprint density at radius 3 is 2.64 bits per heavy atom. The van der Waals surface area contributed by atoms with Crippen molar-refractivity contribution in [2.75, 3.05) is 19.5 Å². The fraction of sp³-hybridized carbons (Fsp3) is 0.267. The number of nitrogens with zero attached hydrogens (tertiary/aromatic N) is 3. The third-order valence-corrected chi connectivity index (χ3v) is 3.28. The molecule has 0 fully saturated rings. The highest BCUT2D eigenvalue weighted by atomic mass is 16.5. The van der Waals surface area contributed by atoms with Gasteiger partial charge in [0, 0.05) is 6.07 Å². The largest absolute Gasteiger partial charge is 0.497 e. The Morgan fingerprint density at radius 2 is 1.91 bits per heavy atom. The second-order valence-corrected chi connectivity index (χ2v) is 4.76. The molecule has 3 aromatic rings. The third-order valence-electron chi connectivity index (χ3n) is 3.28.